The van der Waals surface area contributed by atoms with Crippen molar-refractivity contribution in [1.29, 1.82) is 0 Å². The van der Waals surface area contributed by atoms with Crippen LogP contribution in [-0.4, -0.2) is 33.8 Å². The van der Waals surface area contributed by atoms with E-state index < -0.39 is 0 Å². The first kappa shape index (κ1) is 28.4. The molecule has 7 nitrogen and oxygen atoms in total. The van der Waals surface area contributed by atoms with E-state index in [0.29, 0.717) is 35.8 Å². The van der Waals surface area contributed by atoms with Crippen molar-refractivity contribution in [2.75, 3.05) is 33.2 Å². The Kier molecular flexibility index (Phi) is 10.7. The zero-order chi connectivity index (χ0) is 26.8. The number of unbranched alkanes of at least 4 members (excludes halogenated alkanes) is 6. The standard InChI is InChI=1S/C30H42N2O5/c1-6-7-8-9-10-11-12-17-31-25-16-14-22-23(19-26(25)34)24(32-20(2)33)15-13-21-18-27(35-3)29(36-4)30(37-5)28(21)22/h14,16,18-19,24H,6-13,15,17H2,1-5H3,(H,31,34)(H,32,33). The van der Waals surface area contributed by atoms with Crippen molar-refractivity contribution in [3.8, 4) is 28.4 Å². The van der Waals surface area contributed by atoms with E-state index in [4.69, 9.17) is 14.2 Å². The highest BCUT2D eigenvalue weighted by atomic mass is 16.5. The summed E-state index contributed by atoms with van der Waals surface area (Å²) in [6.45, 7) is 4.47. The van der Waals surface area contributed by atoms with Crippen LogP contribution in [0.15, 0.2) is 29.1 Å². The maximum Gasteiger partial charge on any atom is 0.217 e. The van der Waals surface area contributed by atoms with Crippen LogP contribution in [0.5, 0.6) is 17.2 Å². The number of carbonyl (C=O) groups excluding carboxylic acids is 1. The Morgan fingerprint density at radius 1 is 0.946 bits per heavy atom. The molecule has 1 atom stereocenters. The quantitative estimate of drug-likeness (QED) is 0.320. The largest absolute Gasteiger partial charge is 0.493 e. The summed E-state index contributed by atoms with van der Waals surface area (Å²) in [7, 11) is 4.78. The molecule has 1 unspecified atom stereocenters. The number of methoxy groups -OCH3 is 3. The Labute approximate surface area is 220 Å². The van der Waals surface area contributed by atoms with E-state index in [1.807, 2.05) is 18.2 Å². The fourth-order valence-corrected chi connectivity index (χ4v) is 5.16. The third-order valence-corrected chi connectivity index (χ3v) is 7.01. The van der Waals surface area contributed by atoms with Crippen LogP contribution < -0.4 is 30.3 Å². The Bertz CT molecular complexity index is 1130. The van der Waals surface area contributed by atoms with Crippen molar-refractivity contribution in [2.45, 2.75) is 77.7 Å². The molecule has 2 aromatic carbocycles. The van der Waals surface area contributed by atoms with Crippen molar-refractivity contribution in [3.63, 3.8) is 0 Å². The number of fused-ring (bicyclic) bond motifs is 3. The Hall–Kier alpha value is -3.22. The van der Waals surface area contributed by atoms with E-state index >= 15 is 0 Å². The highest BCUT2D eigenvalue weighted by molar-refractivity contribution is 5.83. The minimum atomic E-state index is -0.308. The molecule has 0 saturated heterocycles. The average Bonchev–Trinajstić information content (AvgIpc) is 3.13. The molecule has 1 aliphatic rings. The fraction of sp³-hybridized carbons (Fsp3) is 0.533. The van der Waals surface area contributed by atoms with E-state index in [0.717, 1.165) is 41.6 Å². The average molecular weight is 511 g/mol. The molecule has 37 heavy (non-hydrogen) atoms. The summed E-state index contributed by atoms with van der Waals surface area (Å²) >= 11 is 0. The van der Waals surface area contributed by atoms with Gasteiger partial charge in [0, 0.05) is 19.0 Å². The molecular weight excluding hydrogens is 468 g/mol. The lowest BCUT2D eigenvalue weighted by atomic mass is 9.95. The summed E-state index contributed by atoms with van der Waals surface area (Å²) in [6, 6.07) is 7.11. The molecule has 3 rings (SSSR count). The Balaban J connectivity index is 1.99. The molecule has 7 heteroatoms. The fourth-order valence-electron chi connectivity index (χ4n) is 5.16. The molecule has 0 bridgehead atoms. The van der Waals surface area contributed by atoms with Gasteiger partial charge in [-0.05, 0) is 54.2 Å². The Morgan fingerprint density at radius 2 is 1.65 bits per heavy atom. The van der Waals surface area contributed by atoms with Gasteiger partial charge in [-0.3, -0.25) is 9.59 Å². The molecule has 0 spiro atoms. The van der Waals surface area contributed by atoms with Crippen LogP contribution >= 0.6 is 0 Å². The molecule has 0 fully saturated rings. The number of benzene rings is 1. The SMILES string of the molecule is CCCCCCCCCNc1ccc2c(cc1=O)C(NC(C)=O)CCc1cc(OC)c(OC)c(OC)c1-2. The van der Waals surface area contributed by atoms with Gasteiger partial charge in [0.1, 0.15) is 0 Å². The number of hydrogen-bond donors (Lipinski definition) is 2. The van der Waals surface area contributed by atoms with Gasteiger partial charge < -0.3 is 24.8 Å². The van der Waals surface area contributed by atoms with Crippen LogP contribution in [0, 0.1) is 0 Å². The molecule has 0 aromatic heterocycles. The number of carbonyl (C=O) groups is 1. The zero-order valence-corrected chi connectivity index (χ0v) is 23.0. The number of hydrogen-bond acceptors (Lipinski definition) is 6. The van der Waals surface area contributed by atoms with Crippen molar-refractivity contribution in [3.05, 3.63) is 45.6 Å². The molecule has 2 N–H and O–H groups in total. The van der Waals surface area contributed by atoms with Gasteiger partial charge in [0.25, 0.3) is 0 Å². The molecule has 0 radical (unpaired) electrons. The predicted molar refractivity (Wildman–Crippen MR) is 149 cm³/mol. The van der Waals surface area contributed by atoms with Crippen LogP contribution in [0.2, 0.25) is 0 Å². The van der Waals surface area contributed by atoms with E-state index in [2.05, 4.69) is 17.6 Å². The summed E-state index contributed by atoms with van der Waals surface area (Å²) < 4.78 is 17.1. The normalized spacial score (nSPS) is 14.1. The van der Waals surface area contributed by atoms with Gasteiger partial charge >= 0.3 is 0 Å². The summed E-state index contributed by atoms with van der Waals surface area (Å²) in [5.74, 6) is 1.50. The second-order valence-corrected chi connectivity index (χ2v) is 9.64. The molecule has 0 aliphatic heterocycles. The third kappa shape index (κ3) is 6.96. The van der Waals surface area contributed by atoms with E-state index in [1.54, 1.807) is 27.4 Å². The molecule has 0 saturated carbocycles. The van der Waals surface area contributed by atoms with Crippen molar-refractivity contribution in [1.82, 2.24) is 5.32 Å². The number of aryl methyl sites for hydroxylation is 1. The van der Waals surface area contributed by atoms with E-state index in [1.165, 1.54) is 39.0 Å². The summed E-state index contributed by atoms with van der Waals surface area (Å²) in [4.78, 5) is 25.4. The van der Waals surface area contributed by atoms with Gasteiger partial charge in [-0.2, -0.15) is 0 Å². The van der Waals surface area contributed by atoms with Gasteiger partial charge in [0.05, 0.1) is 33.1 Å². The smallest absolute Gasteiger partial charge is 0.217 e. The first-order valence-corrected chi connectivity index (χ1v) is 13.5. The van der Waals surface area contributed by atoms with Crippen molar-refractivity contribution in [2.24, 2.45) is 0 Å². The van der Waals surface area contributed by atoms with Crippen LogP contribution in [0.4, 0.5) is 5.69 Å². The third-order valence-electron chi connectivity index (χ3n) is 7.01. The minimum Gasteiger partial charge on any atom is -0.493 e. The monoisotopic (exact) mass is 510 g/mol. The summed E-state index contributed by atoms with van der Waals surface area (Å²) in [6.07, 6.45) is 9.83. The number of nitrogens with one attached hydrogen (secondary N) is 2. The summed E-state index contributed by atoms with van der Waals surface area (Å²) in [5, 5.41) is 6.39. The van der Waals surface area contributed by atoms with Gasteiger partial charge in [0.2, 0.25) is 17.1 Å². The minimum absolute atomic E-state index is 0.0950. The van der Waals surface area contributed by atoms with Crippen LogP contribution in [0.3, 0.4) is 0 Å². The lowest BCUT2D eigenvalue weighted by Gasteiger charge is -2.19. The van der Waals surface area contributed by atoms with Crippen molar-refractivity contribution >= 4 is 11.6 Å². The van der Waals surface area contributed by atoms with Crippen molar-refractivity contribution < 1.29 is 19.0 Å². The molecule has 202 valence electrons. The molecule has 0 heterocycles. The van der Waals surface area contributed by atoms with Gasteiger partial charge in [0.15, 0.2) is 11.5 Å². The van der Waals surface area contributed by atoms with E-state index in [9.17, 15) is 9.59 Å². The van der Waals surface area contributed by atoms with Gasteiger partial charge in [-0.15, -0.1) is 0 Å². The lowest BCUT2D eigenvalue weighted by Crippen LogP contribution is -2.26. The first-order chi connectivity index (χ1) is 17.9. The molecular formula is C30H42N2O5. The highest BCUT2D eigenvalue weighted by Crippen LogP contribution is 2.50. The molecule has 1 aliphatic carbocycles. The highest BCUT2D eigenvalue weighted by Gasteiger charge is 2.29. The first-order valence-electron chi connectivity index (χ1n) is 13.5. The lowest BCUT2D eigenvalue weighted by molar-refractivity contribution is -0.119. The predicted octanol–water partition coefficient (Wildman–Crippen LogP) is 6.03. The number of anilines is 1. The van der Waals surface area contributed by atoms with Crippen LogP contribution in [0.25, 0.3) is 11.1 Å². The second kappa shape index (κ2) is 13.9. The van der Waals surface area contributed by atoms with Crippen LogP contribution in [-0.2, 0) is 11.2 Å². The number of rotatable bonds is 13. The molecule has 1 amide bonds. The number of ether oxygens (including phenoxy) is 3. The zero-order valence-electron chi connectivity index (χ0n) is 23.0. The number of amides is 1. The summed E-state index contributed by atoms with van der Waals surface area (Å²) in [5.41, 5.74) is 3.94. The van der Waals surface area contributed by atoms with Crippen LogP contribution in [0.1, 0.15) is 82.4 Å². The van der Waals surface area contributed by atoms with E-state index in [-0.39, 0.29) is 17.4 Å². The molecule has 2 aromatic rings. The Morgan fingerprint density at radius 3 is 2.30 bits per heavy atom. The second-order valence-electron chi connectivity index (χ2n) is 9.64. The topological polar surface area (TPSA) is 85.9 Å². The van der Waals surface area contributed by atoms with Gasteiger partial charge in [-0.25, -0.2) is 0 Å². The maximum absolute atomic E-state index is 13.3. The van der Waals surface area contributed by atoms with Gasteiger partial charge in [-0.1, -0.05) is 51.5 Å². The maximum atomic E-state index is 13.3.